The largest absolute Gasteiger partial charge is 0.497 e. The van der Waals surface area contributed by atoms with Gasteiger partial charge in [0.25, 0.3) is 5.91 Å². The monoisotopic (exact) mass is 321 g/mol. The summed E-state index contributed by atoms with van der Waals surface area (Å²) in [6.45, 7) is 2.23. The molecule has 0 spiro atoms. The van der Waals surface area contributed by atoms with Crippen LogP contribution >= 0.6 is 12.2 Å². The lowest BCUT2D eigenvalue weighted by molar-refractivity contribution is 0.0943. The molecular formula is C16H23N3O2S. The van der Waals surface area contributed by atoms with Crippen molar-refractivity contribution in [2.45, 2.75) is 38.6 Å². The van der Waals surface area contributed by atoms with Crippen LogP contribution in [0.2, 0.25) is 0 Å². The second kappa shape index (κ2) is 7.98. The van der Waals surface area contributed by atoms with Crippen molar-refractivity contribution in [3.8, 4) is 5.75 Å². The van der Waals surface area contributed by atoms with E-state index in [4.69, 9.17) is 17.0 Å². The number of methoxy groups -OCH3 is 1. The molecule has 6 heteroatoms. The van der Waals surface area contributed by atoms with Gasteiger partial charge in [-0.25, -0.2) is 0 Å². The summed E-state index contributed by atoms with van der Waals surface area (Å²) in [7, 11) is 1.59. The van der Waals surface area contributed by atoms with Gasteiger partial charge in [0.1, 0.15) is 5.75 Å². The Labute approximate surface area is 136 Å². The van der Waals surface area contributed by atoms with Crippen molar-refractivity contribution in [1.29, 1.82) is 0 Å². The van der Waals surface area contributed by atoms with Crippen LogP contribution in [0.1, 0.15) is 43.0 Å². The number of amides is 1. The number of hydrazine groups is 1. The van der Waals surface area contributed by atoms with Crippen molar-refractivity contribution in [1.82, 2.24) is 16.2 Å². The van der Waals surface area contributed by atoms with E-state index in [-0.39, 0.29) is 5.91 Å². The molecule has 0 aromatic heterocycles. The van der Waals surface area contributed by atoms with Gasteiger partial charge in [-0.1, -0.05) is 19.8 Å². The summed E-state index contributed by atoms with van der Waals surface area (Å²) in [6, 6.07) is 7.28. The molecule has 22 heavy (non-hydrogen) atoms. The molecule has 0 aliphatic heterocycles. The standard InChI is InChI=1S/C16H23N3O2S/c1-11-5-3-4-6-14(11)17-16(22)19-18-15(20)12-7-9-13(21-2)10-8-12/h7-11,14H,3-6H2,1-2H3,(H,18,20)(H2,17,19,22)/t11-,14-/m0/s1. The minimum absolute atomic E-state index is 0.233. The van der Waals surface area contributed by atoms with E-state index < -0.39 is 0 Å². The summed E-state index contributed by atoms with van der Waals surface area (Å²) in [5, 5.41) is 3.74. The Morgan fingerprint density at radius 1 is 1.18 bits per heavy atom. The first-order chi connectivity index (χ1) is 10.6. The summed E-state index contributed by atoms with van der Waals surface area (Å²) in [6.07, 6.45) is 4.85. The normalized spacial score (nSPS) is 20.8. The third kappa shape index (κ3) is 4.59. The molecule has 0 bridgehead atoms. The van der Waals surface area contributed by atoms with Crippen LogP contribution in [0.15, 0.2) is 24.3 Å². The molecule has 0 saturated heterocycles. The van der Waals surface area contributed by atoms with Crippen LogP contribution < -0.4 is 20.9 Å². The Hall–Kier alpha value is -1.82. The first kappa shape index (κ1) is 16.5. The second-order valence-corrected chi connectivity index (χ2v) is 6.06. The number of benzene rings is 1. The van der Waals surface area contributed by atoms with E-state index >= 15 is 0 Å². The third-order valence-corrected chi connectivity index (χ3v) is 4.29. The van der Waals surface area contributed by atoms with Gasteiger partial charge in [-0.2, -0.15) is 0 Å². The van der Waals surface area contributed by atoms with Gasteiger partial charge in [-0.15, -0.1) is 0 Å². The minimum Gasteiger partial charge on any atom is -0.497 e. The van der Waals surface area contributed by atoms with E-state index in [1.54, 1.807) is 31.4 Å². The van der Waals surface area contributed by atoms with Gasteiger partial charge in [0, 0.05) is 11.6 Å². The topological polar surface area (TPSA) is 62.4 Å². The SMILES string of the molecule is COc1ccc(C(=O)NNC(=S)N[C@H]2CCCC[C@@H]2C)cc1. The van der Waals surface area contributed by atoms with Crippen LogP contribution in [0.4, 0.5) is 0 Å². The van der Waals surface area contributed by atoms with Crippen LogP contribution in [-0.2, 0) is 0 Å². The van der Waals surface area contributed by atoms with Gasteiger partial charge in [0.05, 0.1) is 7.11 Å². The van der Waals surface area contributed by atoms with Gasteiger partial charge in [-0.05, 0) is 55.2 Å². The Kier molecular flexibility index (Phi) is 6.00. The summed E-state index contributed by atoms with van der Waals surface area (Å²) in [5.74, 6) is 1.09. The molecule has 0 heterocycles. The van der Waals surface area contributed by atoms with E-state index in [0.29, 0.717) is 28.4 Å². The zero-order valence-corrected chi connectivity index (χ0v) is 13.8. The summed E-state index contributed by atoms with van der Waals surface area (Å²) in [4.78, 5) is 12.0. The fourth-order valence-corrected chi connectivity index (χ4v) is 2.87. The van der Waals surface area contributed by atoms with Crippen molar-refractivity contribution in [2.24, 2.45) is 5.92 Å². The van der Waals surface area contributed by atoms with Crippen LogP contribution in [0.5, 0.6) is 5.75 Å². The molecule has 120 valence electrons. The Balaban J connectivity index is 1.78. The molecule has 5 nitrogen and oxygen atoms in total. The van der Waals surface area contributed by atoms with Gasteiger partial charge in [-0.3, -0.25) is 15.6 Å². The molecule has 3 N–H and O–H groups in total. The maximum atomic E-state index is 12.0. The highest BCUT2D eigenvalue weighted by Crippen LogP contribution is 2.23. The minimum atomic E-state index is -0.233. The van der Waals surface area contributed by atoms with E-state index in [0.717, 1.165) is 6.42 Å². The fourth-order valence-electron chi connectivity index (χ4n) is 2.66. The predicted octanol–water partition coefficient (Wildman–Crippen LogP) is 2.38. The molecule has 1 saturated carbocycles. The highest BCUT2D eigenvalue weighted by Gasteiger charge is 2.21. The Morgan fingerprint density at radius 2 is 1.86 bits per heavy atom. The van der Waals surface area contributed by atoms with Gasteiger partial charge in [0.2, 0.25) is 0 Å². The maximum Gasteiger partial charge on any atom is 0.269 e. The number of carbonyl (C=O) groups is 1. The molecule has 1 amide bonds. The zero-order chi connectivity index (χ0) is 15.9. The number of hydrogen-bond donors (Lipinski definition) is 3. The first-order valence-electron chi connectivity index (χ1n) is 7.61. The highest BCUT2D eigenvalue weighted by atomic mass is 32.1. The number of thiocarbonyl (C=S) groups is 1. The molecule has 1 aliphatic carbocycles. The Morgan fingerprint density at radius 3 is 2.50 bits per heavy atom. The maximum absolute atomic E-state index is 12.0. The lowest BCUT2D eigenvalue weighted by atomic mass is 9.86. The van der Waals surface area contributed by atoms with Crippen molar-refractivity contribution < 1.29 is 9.53 Å². The van der Waals surface area contributed by atoms with Crippen molar-refractivity contribution in [2.75, 3.05) is 7.11 Å². The lowest BCUT2D eigenvalue weighted by Gasteiger charge is -2.30. The molecule has 0 radical (unpaired) electrons. The number of nitrogens with one attached hydrogen (secondary N) is 3. The van der Waals surface area contributed by atoms with Crippen LogP contribution in [-0.4, -0.2) is 24.2 Å². The second-order valence-electron chi connectivity index (χ2n) is 5.65. The smallest absolute Gasteiger partial charge is 0.269 e. The average Bonchev–Trinajstić information content (AvgIpc) is 2.55. The molecular weight excluding hydrogens is 298 g/mol. The zero-order valence-electron chi connectivity index (χ0n) is 13.0. The molecule has 2 rings (SSSR count). The van der Waals surface area contributed by atoms with Gasteiger partial charge >= 0.3 is 0 Å². The summed E-state index contributed by atoms with van der Waals surface area (Å²) in [5.41, 5.74) is 5.92. The molecule has 0 unspecified atom stereocenters. The van der Waals surface area contributed by atoms with E-state index in [1.807, 2.05) is 0 Å². The van der Waals surface area contributed by atoms with Crippen LogP contribution in [0, 0.1) is 5.92 Å². The quantitative estimate of drug-likeness (QED) is 0.589. The third-order valence-electron chi connectivity index (χ3n) is 4.07. The number of rotatable bonds is 3. The first-order valence-corrected chi connectivity index (χ1v) is 8.02. The average molecular weight is 321 g/mol. The molecule has 1 aromatic rings. The summed E-state index contributed by atoms with van der Waals surface area (Å²) < 4.78 is 5.06. The van der Waals surface area contributed by atoms with Crippen molar-refractivity contribution in [3.05, 3.63) is 29.8 Å². The molecule has 1 fully saturated rings. The van der Waals surface area contributed by atoms with Crippen LogP contribution in [0.3, 0.4) is 0 Å². The lowest BCUT2D eigenvalue weighted by Crippen LogP contribution is -2.51. The number of hydrogen-bond acceptors (Lipinski definition) is 3. The highest BCUT2D eigenvalue weighted by molar-refractivity contribution is 7.80. The van der Waals surface area contributed by atoms with E-state index in [1.165, 1.54) is 19.3 Å². The van der Waals surface area contributed by atoms with Crippen LogP contribution in [0.25, 0.3) is 0 Å². The fraction of sp³-hybridized carbons (Fsp3) is 0.500. The van der Waals surface area contributed by atoms with Gasteiger partial charge in [0.15, 0.2) is 5.11 Å². The van der Waals surface area contributed by atoms with E-state index in [9.17, 15) is 4.79 Å². The van der Waals surface area contributed by atoms with E-state index in [2.05, 4.69) is 23.1 Å². The predicted molar refractivity (Wildman–Crippen MR) is 90.7 cm³/mol. The van der Waals surface area contributed by atoms with Gasteiger partial charge < -0.3 is 10.1 Å². The molecule has 1 aliphatic rings. The van der Waals surface area contributed by atoms with Crippen molar-refractivity contribution >= 4 is 23.2 Å². The van der Waals surface area contributed by atoms with Crippen molar-refractivity contribution in [3.63, 3.8) is 0 Å². The number of carbonyl (C=O) groups excluding carboxylic acids is 1. The number of ether oxygens (including phenoxy) is 1. The molecule has 1 aromatic carbocycles. The summed E-state index contributed by atoms with van der Waals surface area (Å²) >= 11 is 5.24. The Bertz CT molecular complexity index is 519. The molecule has 2 atom stereocenters.